The van der Waals surface area contributed by atoms with Crippen LogP contribution < -0.4 is 4.89 Å². The molecule has 0 heterocycles. The highest BCUT2D eigenvalue weighted by Crippen LogP contribution is 2.37. The monoisotopic (exact) mass is 264 g/mol. The highest BCUT2D eigenvalue weighted by molar-refractivity contribution is 5.48. The highest BCUT2D eigenvalue weighted by Gasteiger charge is 2.21. The van der Waals surface area contributed by atoms with E-state index in [0.29, 0.717) is 11.8 Å². The summed E-state index contributed by atoms with van der Waals surface area (Å²) >= 11 is 0. The van der Waals surface area contributed by atoms with Crippen LogP contribution in [0.25, 0.3) is 0 Å². The molecule has 0 bridgehead atoms. The van der Waals surface area contributed by atoms with Crippen molar-refractivity contribution in [1.29, 1.82) is 0 Å². The summed E-state index contributed by atoms with van der Waals surface area (Å²) in [6.07, 6.45) is 0. The van der Waals surface area contributed by atoms with Crippen molar-refractivity contribution in [3.63, 3.8) is 0 Å². The molecule has 0 aliphatic carbocycles. The lowest BCUT2D eigenvalue weighted by Gasteiger charge is -2.24. The molecule has 0 saturated carbocycles. The summed E-state index contributed by atoms with van der Waals surface area (Å²) in [7, 11) is 0. The quantitative estimate of drug-likeness (QED) is 0.539. The van der Waals surface area contributed by atoms with Gasteiger partial charge in [-0.05, 0) is 45.1 Å². The molecule has 0 fully saturated rings. The van der Waals surface area contributed by atoms with Gasteiger partial charge in [-0.25, -0.2) is 0 Å². The second-order valence-electron chi connectivity index (χ2n) is 6.80. The van der Waals surface area contributed by atoms with E-state index in [-0.39, 0.29) is 5.60 Å². The Morgan fingerprint density at radius 2 is 1.53 bits per heavy atom. The summed E-state index contributed by atoms with van der Waals surface area (Å²) in [5, 5.41) is 0. The minimum Gasteiger partial charge on any atom is -0.336 e. The van der Waals surface area contributed by atoms with Crippen LogP contribution in [-0.4, -0.2) is 5.60 Å². The molecule has 2 nitrogen and oxygen atoms in total. The van der Waals surface area contributed by atoms with E-state index in [2.05, 4.69) is 46.8 Å². The Morgan fingerprint density at radius 1 is 0.947 bits per heavy atom. The topological polar surface area (TPSA) is 18.5 Å². The van der Waals surface area contributed by atoms with E-state index in [4.69, 9.17) is 9.78 Å². The van der Waals surface area contributed by atoms with E-state index in [1.54, 1.807) is 0 Å². The maximum absolute atomic E-state index is 5.74. The lowest BCUT2D eigenvalue weighted by Crippen LogP contribution is -2.22. The van der Waals surface area contributed by atoms with E-state index in [1.807, 2.05) is 20.8 Å². The molecule has 0 amide bonds. The summed E-state index contributed by atoms with van der Waals surface area (Å²) in [5.74, 6) is 1.73. The average Bonchev–Trinajstić information content (AvgIpc) is 2.24. The Labute approximate surface area is 118 Å². The first-order valence-electron chi connectivity index (χ1n) is 7.12. The van der Waals surface area contributed by atoms with Gasteiger partial charge in [-0.2, -0.15) is 4.89 Å². The second kappa shape index (κ2) is 5.96. The summed E-state index contributed by atoms with van der Waals surface area (Å²) in [5.41, 5.74) is 3.40. The molecule has 1 aromatic carbocycles. The van der Waals surface area contributed by atoms with Gasteiger partial charge in [0.15, 0.2) is 5.75 Å². The standard InChI is InChI=1S/C17H28O2/c1-11(2)14-10-9-13(5)15(12(3)4)16(14)18-19-17(6,7)8/h9-12H,1-8H3. The van der Waals surface area contributed by atoms with Crippen molar-refractivity contribution in [2.24, 2.45) is 0 Å². The van der Waals surface area contributed by atoms with Crippen LogP contribution in [0, 0.1) is 6.92 Å². The zero-order chi connectivity index (χ0) is 14.8. The number of aryl methyl sites for hydroxylation is 1. The molecule has 0 radical (unpaired) electrons. The predicted octanol–water partition coefficient (Wildman–Crippen LogP) is 5.35. The zero-order valence-electron chi connectivity index (χ0n) is 13.6. The molecular formula is C17H28O2. The maximum Gasteiger partial charge on any atom is 0.172 e. The van der Waals surface area contributed by atoms with E-state index in [0.717, 1.165) is 5.75 Å². The van der Waals surface area contributed by atoms with Gasteiger partial charge in [0, 0.05) is 11.1 Å². The van der Waals surface area contributed by atoms with Gasteiger partial charge in [0.05, 0.1) is 0 Å². The second-order valence-corrected chi connectivity index (χ2v) is 6.80. The van der Waals surface area contributed by atoms with Gasteiger partial charge in [0.25, 0.3) is 0 Å². The molecule has 19 heavy (non-hydrogen) atoms. The zero-order valence-corrected chi connectivity index (χ0v) is 13.6. The Bertz CT molecular complexity index is 426. The van der Waals surface area contributed by atoms with Crippen LogP contribution in [-0.2, 0) is 4.89 Å². The summed E-state index contributed by atoms with van der Waals surface area (Å²) in [4.78, 5) is 11.3. The molecule has 2 heteroatoms. The average molecular weight is 264 g/mol. The first kappa shape index (κ1) is 16.0. The Morgan fingerprint density at radius 3 is 1.95 bits per heavy atom. The van der Waals surface area contributed by atoms with Crippen LogP contribution >= 0.6 is 0 Å². The molecule has 0 spiro atoms. The molecule has 0 N–H and O–H groups in total. The lowest BCUT2D eigenvalue weighted by atomic mass is 9.90. The molecule has 0 aromatic heterocycles. The van der Waals surface area contributed by atoms with Crippen LogP contribution in [0.5, 0.6) is 5.75 Å². The molecule has 1 rings (SSSR count). The van der Waals surface area contributed by atoms with Crippen molar-refractivity contribution in [3.05, 3.63) is 28.8 Å². The van der Waals surface area contributed by atoms with E-state index >= 15 is 0 Å². The van der Waals surface area contributed by atoms with Crippen LogP contribution in [0.3, 0.4) is 0 Å². The SMILES string of the molecule is Cc1ccc(C(C)C)c(OOC(C)(C)C)c1C(C)C. The lowest BCUT2D eigenvalue weighted by molar-refractivity contribution is -0.275. The van der Waals surface area contributed by atoms with Crippen molar-refractivity contribution < 1.29 is 9.78 Å². The largest absolute Gasteiger partial charge is 0.336 e. The van der Waals surface area contributed by atoms with Gasteiger partial charge >= 0.3 is 0 Å². The first-order chi connectivity index (χ1) is 8.63. The van der Waals surface area contributed by atoms with Crippen molar-refractivity contribution in [1.82, 2.24) is 0 Å². The van der Waals surface area contributed by atoms with Gasteiger partial charge < -0.3 is 4.89 Å². The van der Waals surface area contributed by atoms with Crippen molar-refractivity contribution in [2.75, 3.05) is 0 Å². The smallest absolute Gasteiger partial charge is 0.172 e. The van der Waals surface area contributed by atoms with Gasteiger partial charge in [0.2, 0.25) is 0 Å². The van der Waals surface area contributed by atoms with E-state index in [9.17, 15) is 0 Å². The van der Waals surface area contributed by atoms with Gasteiger partial charge in [-0.3, -0.25) is 0 Å². The Kier molecular flexibility index (Phi) is 5.03. The predicted molar refractivity (Wildman–Crippen MR) is 80.8 cm³/mol. The molecule has 0 aliphatic heterocycles. The maximum atomic E-state index is 5.74. The molecular weight excluding hydrogens is 236 g/mol. The summed E-state index contributed by atoms with van der Waals surface area (Å²) < 4.78 is 0. The third-order valence-electron chi connectivity index (χ3n) is 3.02. The normalized spacial score (nSPS) is 12.3. The molecule has 1 aromatic rings. The minimum atomic E-state index is -0.313. The fraction of sp³-hybridized carbons (Fsp3) is 0.647. The molecule has 0 saturated heterocycles. The summed E-state index contributed by atoms with van der Waals surface area (Å²) in [6, 6.07) is 4.32. The van der Waals surface area contributed by atoms with E-state index < -0.39 is 0 Å². The van der Waals surface area contributed by atoms with Crippen LogP contribution in [0.1, 0.15) is 77.0 Å². The fourth-order valence-electron chi connectivity index (χ4n) is 2.15. The first-order valence-corrected chi connectivity index (χ1v) is 7.12. The van der Waals surface area contributed by atoms with Crippen molar-refractivity contribution >= 4 is 0 Å². The van der Waals surface area contributed by atoms with Gasteiger partial charge in [-0.1, -0.05) is 39.8 Å². The fourth-order valence-corrected chi connectivity index (χ4v) is 2.15. The van der Waals surface area contributed by atoms with Gasteiger partial charge in [0.1, 0.15) is 5.60 Å². The van der Waals surface area contributed by atoms with Crippen molar-refractivity contribution in [3.8, 4) is 5.75 Å². The number of rotatable bonds is 4. The Hall–Kier alpha value is -1.02. The third kappa shape index (κ3) is 4.24. The highest BCUT2D eigenvalue weighted by atomic mass is 17.2. The van der Waals surface area contributed by atoms with Crippen LogP contribution in [0.15, 0.2) is 12.1 Å². The molecule has 108 valence electrons. The third-order valence-corrected chi connectivity index (χ3v) is 3.02. The van der Waals surface area contributed by atoms with Crippen LogP contribution in [0.2, 0.25) is 0 Å². The summed E-state index contributed by atoms with van der Waals surface area (Å²) in [6.45, 7) is 16.8. The van der Waals surface area contributed by atoms with Crippen LogP contribution in [0.4, 0.5) is 0 Å². The molecule has 0 aliphatic rings. The van der Waals surface area contributed by atoms with E-state index in [1.165, 1.54) is 16.7 Å². The Balaban J connectivity index is 3.25. The number of hydrogen-bond donors (Lipinski definition) is 0. The van der Waals surface area contributed by atoms with Gasteiger partial charge in [-0.15, -0.1) is 0 Å². The molecule has 0 atom stereocenters. The van der Waals surface area contributed by atoms with Crippen molar-refractivity contribution in [2.45, 2.75) is 72.8 Å². The minimum absolute atomic E-state index is 0.313. The number of hydrogen-bond acceptors (Lipinski definition) is 2. The molecule has 0 unspecified atom stereocenters. The number of benzene rings is 1.